The Balaban J connectivity index is 1.85. The summed E-state index contributed by atoms with van der Waals surface area (Å²) >= 11 is 0. The van der Waals surface area contributed by atoms with E-state index in [1.54, 1.807) is 0 Å². The SMILES string of the molecule is CCOc1ccc(CN(C)C(=NC)NCC2CCCN2C)cc1. The number of guanidine groups is 1. The molecule has 1 heterocycles. The fourth-order valence-electron chi connectivity index (χ4n) is 3.04. The number of rotatable bonds is 6. The second-order valence-corrected chi connectivity index (χ2v) is 6.14. The molecule has 0 spiro atoms. The van der Waals surface area contributed by atoms with E-state index in [1.165, 1.54) is 24.9 Å². The third-order valence-electron chi connectivity index (χ3n) is 4.39. The van der Waals surface area contributed by atoms with E-state index in [0.717, 1.165) is 24.8 Å². The van der Waals surface area contributed by atoms with Crippen LogP contribution in [-0.2, 0) is 6.54 Å². The van der Waals surface area contributed by atoms with Crippen molar-refractivity contribution in [3.8, 4) is 5.75 Å². The van der Waals surface area contributed by atoms with Crippen LogP contribution in [0.15, 0.2) is 29.3 Å². The fraction of sp³-hybridized carbons (Fsp3) is 0.611. The molecular weight excluding hydrogens is 288 g/mol. The van der Waals surface area contributed by atoms with Crippen LogP contribution in [0.1, 0.15) is 25.3 Å². The van der Waals surface area contributed by atoms with Crippen LogP contribution in [0.25, 0.3) is 0 Å². The molecule has 1 aliphatic rings. The molecule has 1 aliphatic heterocycles. The average Bonchev–Trinajstić information content (AvgIpc) is 2.95. The lowest BCUT2D eigenvalue weighted by atomic mass is 10.2. The van der Waals surface area contributed by atoms with Gasteiger partial charge in [-0.3, -0.25) is 4.99 Å². The van der Waals surface area contributed by atoms with Crippen LogP contribution in [0.5, 0.6) is 5.75 Å². The zero-order valence-electron chi connectivity index (χ0n) is 14.9. The molecule has 1 aromatic carbocycles. The molecule has 2 rings (SSSR count). The molecule has 0 aromatic heterocycles. The summed E-state index contributed by atoms with van der Waals surface area (Å²) in [6.07, 6.45) is 2.56. The molecule has 0 bridgehead atoms. The molecule has 1 saturated heterocycles. The van der Waals surface area contributed by atoms with E-state index < -0.39 is 0 Å². The average molecular weight is 318 g/mol. The molecule has 0 saturated carbocycles. The van der Waals surface area contributed by atoms with Crippen molar-refractivity contribution in [2.75, 3.05) is 40.8 Å². The highest BCUT2D eigenvalue weighted by Gasteiger charge is 2.21. The number of nitrogens with zero attached hydrogens (tertiary/aromatic N) is 3. The molecule has 1 atom stereocenters. The first kappa shape index (κ1) is 17.6. The number of likely N-dealkylation sites (tertiary alicyclic amines) is 1. The molecule has 0 radical (unpaired) electrons. The maximum Gasteiger partial charge on any atom is 0.193 e. The number of benzene rings is 1. The zero-order chi connectivity index (χ0) is 16.7. The van der Waals surface area contributed by atoms with E-state index in [9.17, 15) is 0 Å². The summed E-state index contributed by atoms with van der Waals surface area (Å²) in [4.78, 5) is 8.99. The molecule has 128 valence electrons. The molecule has 5 heteroatoms. The molecule has 1 fully saturated rings. The highest BCUT2D eigenvalue weighted by Crippen LogP contribution is 2.15. The lowest BCUT2D eigenvalue weighted by Gasteiger charge is -2.25. The number of nitrogens with one attached hydrogen (secondary N) is 1. The lowest BCUT2D eigenvalue weighted by molar-refractivity contribution is 0.306. The maximum absolute atomic E-state index is 5.49. The second kappa shape index (κ2) is 8.77. The lowest BCUT2D eigenvalue weighted by Crippen LogP contribution is -2.44. The van der Waals surface area contributed by atoms with Gasteiger partial charge in [-0.1, -0.05) is 12.1 Å². The van der Waals surface area contributed by atoms with Gasteiger partial charge < -0.3 is 19.9 Å². The largest absolute Gasteiger partial charge is 0.494 e. The first-order valence-corrected chi connectivity index (χ1v) is 8.47. The van der Waals surface area contributed by atoms with E-state index in [1.807, 2.05) is 26.1 Å². The molecule has 1 aromatic rings. The van der Waals surface area contributed by atoms with E-state index in [0.29, 0.717) is 12.6 Å². The van der Waals surface area contributed by atoms with Crippen molar-refractivity contribution in [2.45, 2.75) is 32.4 Å². The predicted molar refractivity (Wildman–Crippen MR) is 96.1 cm³/mol. The molecule has 0 amide bonds. The summed E-state index contributed by atoms with van der Waals surface area (Å²) < 4.78 is 5.49. The van der Waals surface area contributed by atoms with Crippen molar-refractivity contribution in [1.29, 1.82) is 0 Å². The highest BCUT2D eigenvalue weighted by molar-refractivity contribution is 5.79. The van der Waals surface area contributed by atoms with Crippen LogP contribution in [0.2, 0.25) is 0 Å². The third kappa shape index (κ3) is 5.13. The van der Waals surface area contributed by atoms with Gasteiger partial charge in [-0.25, -0.2) is 0 Å². The molecule has 23 heavy (non-hydrogen) atoms. The molecular formula is C18H30N4O. The van der Waals surface area contributed by atoms with Gasteiger partial charge in [0.1, 0.15) is 5.75 Å². The predicted octanol–water partition coefficient (Wildman–Crippen LogP) is 2.19. The van der Waals surface area contributed by atoms with Crippen molar-refractivity contribution in [3.05, 3.63) is 29.8 Å². The van der Waals surface area contributed by atoms with Crippen molar-refractivity contribution < 1.29 is 4.74 Å². The Labute approximate surface area is 140 Å². The highest BCUT2D eigenvalue weighted by atomic mass is 16.5. The van der Waals surface area contributed by atoms with Crippen molar-refractivity contribution in [3.63, 3.8) is 0 Å². The Hall–Kier alpha value is -1.75. The van der Waals surface area contributed by atoms with Gasteiger partial charge in [0.25, 0.3) is 0 Å². The number of aliphatic imine (C=N–C) groups is 1. The first-order chi connectivity index (χ1) is 11.1. The Morgan fingerprint density at radius 3 is 2.70 bits per heavy atom. The number of likely N-dealkylation sites (N-methyl/N-ethyl adjacent to an activating group) is 1. The van der Waals surface area contributed by atoms with Crippen LogP contribution < -0.4 is 10.1 Å². The minimum Gasteiger partial charge on any atom is -0.494 e. The molecule has 1 unspecified atom stereocenters. The quantitative estimate of drug-likeness (QED) is 0.645. The van der Waals surface area contributed by atoms with Gasteiger partial charge in [0.15, 0.2) is 5.96 Å². The topological polar surface area (TPSA) is 40.1 Å². The maximum atomic E-state index is 5.49. The smallest absolute Gasteiger partial charge is 0.193 e. The molecule has 0 aliphatic carbocycles. The summed E-state index contributed by atoms with van der Waals surface area (Å²) in [5.74, 6) is 1.87. The number of hydrogen-bond donors (Lipinski definition) is 1. The van der Waals surface area contributed by atoms with E-state index in [4.69, 9.17) is 4.74 Å². The minimum atomic E-state index is 0.616. The van der Waals surface area contributed by atoms with Gasteiger partial charge in [-0.15, -0.1) is 0 Å². The normalized spacial score (nSPS) is 19.0. The van der Waals surface area contributed by atoms with Crippen LogP contribution in [0.4, 0.5) is 0 Å². The van der Waals surface area contributed by atoms with Gasteiger partial charge in [0, 0.05) is 33.2 Å². The summed E-state index contributed by atoms with van der Waals surface area (Å²) in [7, 11) is 6.12. The van der Waals surface area contributed by atoms with Crippen LogP contribution in [-0.4, -0.2) is 62.6 Å². The summed E-state index contributed by atoms with van der Waals surface area (Å²) in [5, 5.41) is 3.50. The van der Waals surface area contributed by atoms with Gasteiger partial charge in [-0.2, -0.15) is 0 Å². The minimum absolute atomic E-state index is 0.616. The van der Waals surface area contributed by atoms with Gasteiger partial charge in [0.2, 0.25) is 0 Å². The standard InChI is InChI=1S/C18H30N4O/c1-5-23-17-10-8-15(9-11-17)14-22(4)18(19-2)20-13-16-7-6-12-21(16)3/h8-11,16H,5-7,12-14H2,1-4H3,(H,19,20). The van der Waals surface area contributed by atoms with Gasteiger partial charge >= 0.3 is 0 Å². The van der Waals surface area contributed by atoms with Gasteiger partial charge in [0.05, 0.1) is 6.61 Å². The van der Waals surface area contributed by atoms with Crippen molar-refractivity contribution in [2.24, 2.45) is 4.99 Å². The summed E-state index contributed by atoms with van der Waals surface area (Å²) in [6, 6.07) is 8.89. The Bertz CT molecular complexity index is 500. The Morgan fingerprint density at radius 1 is 1.39 bits per heavy atom. The molecule has 1 N–H and O–H groups in total. The van der Waals surface area contributed by atoms with E-state index >= 15 is 0 Å². The third-order valence-corrected chi connectivity index (χ3v) is 4.39. The van der Waals surface area contributed by atoms with Crippen LogP contribution >= 0.6 is 0 Å². The van der Waals surface area contributed by atoms with E-state index in [2.05, 4.69) is 46.3 Å². The monoisotopic (exact) mass is 318 g/mol. The van der Waals surface area contributed by atoms with Crippen LogP contribution in [0.3, 0.4) is 0 Å². The zero-order valence-corrected chi connectivity index (χ0v) is 14.9. The van der Waals surface area contributed by atoms with Crippen molar-refractivity contribution in [1.82, 2.24) is 15.1 Å². The second-order valence-electron chi connectivity index (χ2n) is 6.14. The van der Waals surface area contributed by atoms with E-state index in [-0.39, 0.29) is 0 Å². The van der Waals surface area contributed by atoms with Crippen LogP contribution in [0, 0.1) is 0 Å². The Kier molecular flexibility index (Phi) is 6.71. The first-order valence-electron chi connectivity index (χ1n) is 8.47. The fourth-order valence-corrected chi connectivity index (χ4v) is 3.04. The van der Waals surface area contributed by atoms with Gasteiger partial charge in [-0.05, 0) is 51.1 Å². The molecule has 5 nitrogen and oxygen atoms in total. The van der Waals surface area contributed by atoms with Crippen molar-refractivity contribution >= 4 is 5.96 Å². The Morgan fingerprint density at radius 2 is 2.13 bits per heavy atom. The number of ether oxygens (including phenoxy) is 1. The summed E-state index contributed by atoms with van der Waals surface area (Å²) in [5.41, 5.74) is 1.25. The summed E-state index contributed by atoms with van der Waals surface area (Å²) in [6.45, 7) is 5.68. The number of hydrogen-bond acceptors (Lipinski definition) is 3.